The van der Waals surface area contributed by atoms with Crippen LogP contribution >= 0.6 is 68.0 Å². The van der Waals surface area contributed by atoms with Crippen molar-refractivity contribution in [1.82, 2.24) is 0 Å². The second-order valence-corrected chi connectivity index (χ2v) is 16.2. The number of thiophene rings is 6. The fraction of sp³-hybridized carbons (Fsp3) is 0.200. The molecule has 0 nitrogen and oxygen atoms in total. The highest BCUT2D eigenvalue weighted by Crippen LogP contribution is 2.39. The average molecular weight is 583 g/mol. The van der Waals surface area contributed by atoms with E-state index in [0.29, 0.717) is 0 Å². The average Bonchev–Trinajstić information content (AvgIpc) is 3.64. The maximum absolute atomic E-state index is 2.24. The lowest BCUT2D eigenvalue weighted by Crippen LogP contribution is -1.57. The lowest BCUT2D eigenvalue weighted by Gasteiger charge is -1.90. The summed E-state index contributed by atoms with van der Waals surface area (Å²) in [5.41, 5.74) is 0. The third-order valence-electron chi connectivity index (χ3n) is 5.17. The monoisotopic (exact) mass is 582 g/mol. The van der Waals surface area contributed by atoms with Crippen molar-refractivity contribution >= 4 is 68.0 Å². The minimum Gasteiger partial charge on any atom is -0.146 e. The summed E-state index contributed by atoms with van der Waals surface area (Å²) < 4.78 is 0. The Balaban J connectivity index is 0.000000139. The van der Waals surface area contributed by atoms with E-state index in [1.54, 1.807) is 0 Å². The van der Waals surface area contributed by atoms with Crippen molar-refractivity contribution in [2.75, 3.05) is 0 Å². The van der Waals surface area contributed by atoms with Gasteiger partial charge in [0.15, 0.2) is 0 Å². The SMILES string of the molecule is Cc1ccc(-c2ccc(-c3ccc(C)s3)s2)s1.Cc1ccc(-c2ccc(C)s2)s1.Cc1ccc(C)s1. The number of hydrogen-bond donors (Lipinski definition) is 0. The molecule has 0 spiro atoms. The van der Waals surface area contributed by atoms with Crippen molar-refractivity contribution in [3.8, 4) is 29.3 Å². The maximum Gasteiger partial charge on any atom is 0.0449 e. The molecule has 0 fully saturated rings. The van der Waals surface area contributed by atoms with Gasteiger partial charge in [-0.1, -0.05) is 0 Å². The van der Waals surface area contributed by atoms with Gasteiger partial charge in [0.2, 0.25) is 0 Å². The molecule has 0 unspecified atom stereocenters. The van der Waals surface area contributed by atoms with Crippen LogP contribution in [0.15, 0.2) is 72.8 Å². The Morgan fingerprint density at radius 2 is 0.444 bits per heavy atom. The highest BCUT2D eigenvalue weighted by atomic mass is 32.1. The summed E-state index contributed by atoms with van der Waals surface area (Å²) in [6.45, 7) is 12.9. The van der Waals surface area contributed by atoms with Crippen LogP contribution in [0.1, 0.15) is 29.3 Å². The van der Waals surface area contributed by atoms with Crippen LogP contribution in [0.4, 0.5) is 0 Å². The van der Waals surface area contributed by atoms with Crippen molar-refractivity contribution in [3.63, 3.8) is 0 Å². The largest absolute Gasteiger partial charge is 0.146 e. The summed E-state index contributed by atoms with van der Waals surface area (Å²) in [6.07, 6.45) is 0. The minimum atomic E-state index is 1.38. The molecule has 0 saturated heterocycles. The van der Waals surface area contributed by atoms with Crippen LogP contribution in [0.25, 0.3) is 29.3 Å². The van der Waals surface area contributed by atoms with Gasteiger partial charge in [-0.2, -0.15) is 0 Å². The molecule has 0 saturated carbocycles. The number of rotatable bonds is 3. The van der Waals surface area contributed by atoms with Crippen LogP contribution in [-0.2, 0) is 0 Å². The first kappa shape index (κ1) is 27.2. The van der Waals surface area contributed by atoms with E-state index < -0.39 is 0 Å². The van der Waals surface area contributed by atoms with Crippen LogP contribution in [0.3, 0.4) is 0 Å². The summed E-state index contributed by atoms with van der Waals surface area (Å²) in [6, 6.07) is 26.3. The molecular formula is C30H30S6. The molecule has 6 heterocycles. The van der Waals surface area contributed by atoms with Crippen LogP contribution in [0.2, 0.25) is 0 Å². The van der Waals surface area contributed by atoms with E-state index in [1.165, 1.54) is 58.5 Å². The molecule has 0 aliphatic carbocycles. The first-order valence-electron chi connectivity index (χ1n) is 11.7. The smallest absolute Gasteiger partial charge is 0.0449 e. The van der Waals surface area contributed by atoms with Crippen molar-refractivity contribution in [2.45, 2.75) is 41.5 Å². The molecule has 0 bridgehead atoms. The third kappa shape index (κ3) is 7.60. The van der Waals surface area contributed by atoms with E-state index in [4.69, 9.17) is 0 Å². The van der Waals surface area contributed by atoms with Crippen molar-refractivity contribution in [3.05, 3.63) is 102 Å². The zero-order chi connectivity index (χ0) is 25.7. The van der Waals surface area contributed by atoms with E-state index in [1.807, 2.05) is 68.0 Å². The first-order chi connectivity index (χ1) is 17.3. The van der Waals surface area contributed by atoms with Gasteiger partial charge in [-0.25, -0.2) is 0 Å². The van der Waals surface area contributed by atoms with E-state index in [9.17, 15) is 0 Å². The Morgan fingerprint density at radius 1 is 0.250 bits per heavy atom. The topological polar surface area (TPSA) is 0 Å². The van der Waals surface area contributed by atoms with Gasteiger partial charge >= 0.3 is 0 Å². The standard InChI is InChI=1S/C14H12S3.C10H10S2.C6H8S/c1-9-3-5-11(15-9)13-7-8-14(17-13)12-6-4-10(2)16-12;1-7-3-5-9(11-7)10-6-4-8(2)12-10;1-5-3-4-6(2)7-5/h3-8H,1-2H3;3-6H,1-2H3;3-4H,1-2H3. The van der Waals surface area contributed by atoms with E-state index >= 15 is 0 Å². The predicted molar refractivity (Wildman–Crippen MR) is 171 cm³/mol. The molecular weight excluding hydrogens is 553 g/mol. The Kier molecular flexibility index (Phi) is 9.56. The van der Waals surface area contributed by atoms with Gasteiger partial charge in [0.25, 0.3) is 0 Å². The molecule has 6 aromatic heterocycles. The van der Waals surface area contributed by atoms with Crippen molar-refractivity contribution in [2.24, 2.45) is 0 Å². The van der Waals surface area contributed by atoms with Gasteiger partial charge in [0.05, 0.1) is 0 Å². The Morgan fingerprint density at radius 3 is 0.639 bits per heavy atom. The fourth-order valence-electron chi connectivity index (χ4n) is 3.43. The van der Waals surface area contributed by atoms with Crippen LogP contribution in [-0.4, -0.2) is 0 Å². The molecule has 36 heavy (non-hydrogen) atoms. The van der Waals surface area contributed by atoms with E-state index in [-0.39, 0.29) is 0 Å². The zero-order valence-corrected chi connectivity index (χ0v) is 26.3. The van der Waals surface area contributed by atoms with Gasteiger partial charge in [0, 0.05) is 58.5 Å². The van der Waals surface area contributed by atoms with E-state index in [2.05, 4.69) is 114 Å². The van der Waals surface area contributed by atoms with Gasteiger partial charge in [-0.05, 0) is 114 Å². The first-order valence-corrected chi connectivity index (χ1v) is 16.6. The number of hydrogen-bond acceptors (Lipinski definition) is 6. The molecule has 186 valence electrons. The predicted octanol–water partition coefficient (Wildman–Crippen LogP) is 12.3. The van der Waals surface area contributed by atoms with Crippen LogP contribution in [0.5, 0.6) is 0 Å². The lowest BCUT2D eigenvalue weighted by molar-refractivity contribution is 1.61. The summed E-state index contributed by atoms with van der Waals surface area (Å²) in [5, 5.41) is 0. The van der Waals surface area contributed by atoms with Gasteiger partial charge < -0.3 is 0 Å². The number of aryl methyl sites for hydroxylation is 6. The van der Waals surface area contributed by atoms with Crippen molar-refractivity contribution in [1.29, 1.82) is 0 Å². The molecule has 0 N–H and O–H groups in total. The second kappa shape index (κ2) is 12.6. The molecule has 0 aromatic carbocycles. The van der Waals surface area contributed by atoms with E-state index in [0.717, 1.165) is 0 Å². The summed E-state index contributed by atoms with van der Waals surface area (Å²) in [4.78, 5) is 16.6. The summed E-state index contributed by atoms with van der Waals surface area (Å²) in [7, 11) is 0. The highest BCUT2D eigenvalue weighted by Gasteiger charge is 2.08. The molecule has 0 atom stereocenters. The van der Waals surface area contributed by atoms with Crippen molar-refractivity contribution < 1.29 is 0 Å². The Hall–Kier alpha value is -1.80. The van der Waals surface area contributed by atoms with Gasteiger partial charge in [-0.15, -0.1) is 68.0 Å². The molecule has 0 aliphatic rings. The summed E-state index contributed by atoms with van der Waals surface area (Å²) in [5.74, 6) is 0. The lowest BCUT2D eigenvalue weighted by atomic mass is 10.3. The zero-order valence-electron chi connectivity index (χ0n) is 21.4. The maximum atomic E-state index is 2.24. The summed E-state index contributed by atoms with van der Waals surface area (Å²) >= 11 is 11.2. The fourth-order valence-corrected chi connectivity index (χ4v) is 8.95. The molecule has 0 amide bonds. The molecule has 0 aliphatic heterocycles. The van der Waals surface area contributed by atoms with Crippen LogP contribution < -0.4 is 0 Å². The third-order valence-corrected chi connectivity index (χ3v) is 11.8. The normalized spacial score (nSPS) is 10.5. The van der Waals surface area contributed by atoms with Gasteiger partial charge in [0.1, 0.15) is 0 Å². The minimum absolute atomic E-state index is 1.38. The quantitative estimate of drug-likeness (QED) is 0.195. The Bertz CT molecular complexity index is 1400. The molecule has 6 heteroatoms. The second-order valence-electron chi connectivity index (χ2n) is 8.46. The molecule has 6 rings (SSSR count). The molecule has 6 aromatic rings. The molecule has 0 radical (unpaired) electrons. The van der Waals surface area contributed by atoms with Crippen LogP contribution in [0, 0.1) is 41.5 Å². The van der Waals surface area contributed by atoms with Gasteiger partial charge in [-0.3, -0.25) is 0 Å². The highest BCUT2D eigenvalue weighted by molar-refractivity contribution is 7.26. The Labute approximate surface area is 239 Å².